The van der Waals surface area contributed by atoms with E-state index in [4.69, 9.17) is 16.6 Å². The van der Waals surface area contributed by atoms with Gasteiger partial charge in [-0.15, -0.1) is 0 Å². The van der Waals surface area contributed by atoms with Crippen molar-refractivity contribution in [2.75, 3.05) is 18.8 Å². The molecule has 0 aromatic heterocycles. The first-order chi connectivity index (χ1) is 27.8. The van der Waals surface area contributed by atoms with Crippen LogP contribution in [0, 0.1) is 0 Å². The Labute approximate surface area is 336 Å². The van der Waals surface area contributed by atoms with E-state index in [-0.39, 0.29) is 48.7 Å². The molecule has 0 radical (unpaired) electrons. The van der Waals surface area contributed by atoms with Crippen molar-refractivity contribution in [1.29, 1.82) is 0 Å². The molecule has 0 saturated heterocycles. The molecule has 0 fully saturated rings. The summed E-state index contributed by atoms with van der Waals surface area (Å²) in [5.41, 5.74) is 28.1. The van der Waals surface area contributed by atoms with Crippen molar-refractivity contribution in [3.05, 3.63) is 147 Å². The summed E-state index contributed by atoms with van der Waals surface area (Å²) in [5, 5.41) is 2.44. The van der Waals surface area contributed by atoms with Crippen LogP contribution in [0.5, 0.6) is 0 Å². The minimum atomic E-state index is -3.52. The molecule has 5 aromatic rings. The van der Waals surface area contributed by atoms with Crippen LogP contribution in [0.15, 0.2) is 112 Å². The second kappa shape index (κ2) is 15.6. The average molecular weight is 845 g/mol. The Morgan fingerprint density at radius 2 is 0.915 bits per heavy atom. The van der Waals surface area contributed by atoms with Gasteiger partial charge in [0, 0.05) is 75.6 Å². The second-order valence-corrected chi connectivity index (χ2v) is 19.2. The van der Waals surface area contributed by atoms with Crippen LogP contribution in [0.3, 0.4) is 0 Å². The Balaban J connectivity index is 0.000000150. The van der Waals surface area contributed by atoms with E-state index in [1.165, 1.54) is 48.6 Å². The number of sulfone groups is 3. The maximum atomic E-state index is 12.2. The Kier molecular flexibility index (Phi) is 11.0. The number of carbonyl (C=O) groups is 3. The monoisotopic (exact) mass is 844 g/mol. The summed E-state index contributed by atoms with van der Waals surface area (Å²) >= 11 is 0. The van der Waals surface area contributed by atoms with Crippen LogP contribution in [0.4, 0.5) is 0 Å². The highest BCUT2D eigenvalue weighted by Crippen LogP contribution is 2.33. The van der Waals surface area contributed by atoms with Crippen LogP contribution in [0.25, 0.3) is 56.4 Å². The zero-order valence-corrected chi connectivity index (χ0v) is 33.5. The summed E-state index contributed by atoms with van der Waals surface area (Å²) in [5.74, 6) is -1.37. The van der Waals surface area contributed by atoms with E-state index < -0.39 is 41.1 Å². The number of rotatable bonds is 3. The molecule has 0 unspecified atom stereocenters. The fourth-order valence-corrected chi connectivity index (χ4v) is 9.63. The predicted molar refractivity (Wildman–Crippen MR) is 220 cm³/mol. The number of hydrogen-bond acceptors (Lipinski definition) is 9. The van der Waals surface area contributed by atoms with Gasteiger partial charge in [0.1, 0.15) is 0 Å². The number of ketones is 3. The topological polar surface area (TPSA) is 263 Å². The van der Waals surface area contributed by atoms with E-state index in [9.17, 15) is 39.6 Å². The van der Waals surface area contributed by atoms with Crippen molar-refractivity contribution in [3.8, 4) is 0 Å². The molecule has 0 spiro atoms. The molecule has 0 amide bonds. The summed E-state index contributed by atoms with van der Waals surface area (Å²) in [6, 6.07) is 21.2. The van der Waals surface area contributed by atoms with Gasteiger partial charge in [0.05, 0.1) is 14.7 Å². The molecule has 294 valence electrons. The van der Waals surface area contributed by atoms with E-state index in [2.05, 4.69) is 14.4 Å². The van der Waals surface area contributed by atoms with Gasteiger partial charge < -0.3 is 16.6 Å². The SMILES string of the molecule is CS(=O)(=O)c1c2c(cc3ccccc13)C(=O)C(=[N+]=[N-])C=C2.CS(=O)(=O)c1cccc2c1C=CC(=[N+]=[N-])C2=O.CS(=O)(=O)c1cccc2cc3c(cc12)C=CC(=[N+]=[N-])C3=O. The van der Waals surface area contributed by atoms with Gasteiger partial charge >= 0.3 is 17.1 Å². The Hall–Kier alpha value is -7.16. The van der Waals surface area contributed by atoms with Crippen LogP contribution >= 0.6 is 0 Å². The molecule has 5 aromatic carbocycles. The Bertz CT molecular complexity index is 3350. The summed E-state index contributed by atoms with van der Waals surface area (Å²) in [6.45, 7) is 0. The molecule has 59 heavy (non-hydrogen) atoms. The zero-order valence-electron chi connectivity index (χ0n) is 31.1. The summed E-state index contributed by atoms with van der Waals surface area (Å²) in [7, 11) is -10.3. The Morgan fingerprint density at radius 1 is 0.441 bits per heavy atom. The number of carbonyl (C=O) groups excluding carboxylic acids is 3. The standard InChI is InChI=1S/2C15H10N2O3S.C11H8N2O3S/c1-21(19,20)14-4-2-3-9-8-12-10(7-11(9)14)5-6-13(17-16)15(12)18;1-21(19,20)15-10-5-3-2-4-9(10)8-12-11(15)6-7-13(17-16)14(12)18;1-17(15,16)10-4-2-3-8-7(10)5-6-9(13-12)11(8)14/h2*2-8H,1H3;2-6H,1H3. The van der Waals surface area contributed by atoms with Crippen LogP contribution in [-0.4, -0.2) is 92.9 Å². The van der Waals surface area contributed by atoms with Gasteiger partial charge in [-0.1, -0.05) is 48.5 Å². The molecule has 0 saturated carbocycles. The van der Waals surface area contributed by atoms with Gasteiger partial charge in [0.15, 0.2) is 29.5 Å². The van der Waals surface area contributed by atoms with Crippen LogP contribution in [0.2, 0.25) is 0 Å². The summed E-state index contributed by atoms with van der Waals surface area (Å²) < 4.78 is 71.1. The maximum Gasteiger partial charge on any atom is 0.362 e. The quantitative estimate of drug-likeness (QED) is 0.170. The zero-order chi connectivity index (χ0) is 43.0. The molecule has 3 aliphatic carbocycles. The molecular weight excluding hydrogens is 817 g/mol. The number of allylic oxidation sites excluding steroid dienone is 3. The molecular formula is C41H28N6O9S3. The molecule has 0 aliphatic heterocycles. The van der Waals surface area contributed by atoms with Gasteiger partial charge in [-0.05, 0) is 64.9 Å². The number of hydrogen-bond donors (Lipinski definition) is 0. The highest BCUT2D eigenvalue weighted by molar-refractivity contribution is 7.91. The lowest BCUT2D eigenvalue weighted by Crippen LogP contribution is -2.19. The van der Waals surface area contributed by atoms with Crippen molar-refractivity contribution >= 4 is 104 Å². The fourth-order valence-electron chi connectivity index (χ4n) is 6.66. The third-order valence-corrected chi connectivity index (χ3v) is 12.8. The van der Waals surface area contributed by atoms with Crippen molar-refractivity contribution in [3.63, 3.8) is 0 Å². The van der Waals surface area contributed by atoms with E-state index >= 15 is 0 Å². The van der Waals surface area contributed by atoms with Crippen molar-refractivity contribution in [2.24, 2.45) is 0 Å². The maximum absolute atomic E-state index is 12.2. The number of fused-ring (bicyclic) bond motifs is 5. The van der Waals surface area contributed by atoms with E-state index in [0.29, 0.717) is 43.8 Å². The normalized spacial score (nSPS) is 14.2. The molecule has 0 atom stereocenters. The fraction of sp³-hybridized carbons (Fsp3) is 0.0732. The lowest BCUT2D eigenvalue weighted by molar-refractivity contribution is -0.00458. The van der Waals surface area contributed by atoms with Gasteiger partial charge in [-0.25, -0.2) is 25.3 Å². The molecule has 8 rings (SSSR count). The average Bonchev–Trinajstić information content (AvgIpc) is 3.19. The van der Waals surface area contributed by atoms with Gasteiger partial charge in [-0.3, -0.25) is 14.4 Å². The first-order valence-electron chi connectivity index (χ1n) is 17.0. The highest BCUT2D eigenvalue weighted by Gasteiger charge is 2.32. The molecule has 0 heterocycles. The van der Waals surface area contributed by atoms with Gasteiger partial charge in [-0.2, -0.15) is 14.4 Å². The van der Waals surface area contributed by atoms with Crippen molar-refractivity contribution in [2.45, 2.75) is 14.7 Å². The third-order valence-electron chi connectivity index (χ3n) is 9.28. The molecule has 3 aliphatic rings. The third kappa shape index (κ3) is 8.04. The first-order valence-corrected chi connectivity index (χ1v) is 22.7. The van der Waals surface area contributed by atoms with Crippen LogP contribution in [-0.2, 0) is 29.5 Å². The van der Waals surface area contributed by atoms with Crippen molar-refractivity contribution in [1.82, 2.24) is 0 Å². The predicted octanol–water partition coefficient (Wildman–Crippen LogP) is 5.22. The van der Waals surface area contributed by atoms with Crippen LogP contribution in [0.1, 0.15) is 47.8 Å². The van der Waals surface area contributed by atoms with Crippen LogP contribution < -0.4 is 0 Å². The number of Topliss-reactive ketones (excluding diaryl/α,β-unsaturated/α-hetero) is 3. The molecule has 18 heteroatoms. The highest BCUT2D eigenvalue weighted by atomic mass is 32.2. The Morgan fingerprint density at radius 3 is 1.51 bits per heavy atom. The van der Waals surface area contributed by atoms with E-state index in [1.807, 2.05) is 0 Å². The molecule has 0 N–H and O–H groups in total. The lowest BCUT2D eigenvalue weighted by atomic mass is 9.92. The minimum Gasteiger partial charge on any atom is -0.361 e. The second-order valence-electron chi connectivity index (χ2n) is 13.3. The number of nitrogens with zero attached hydrogens (tertiary/aromatic N) is 6. The lowest BCUT2D eigenvalue weighted by Gasteiger charge is -2.14. The smallest absolute Gasteiger partial charge is 0.361 e. The van der Waals surface area contributed by atoms with Gasteiger partial charge in [0.25, 0.3) is 17.3 Å². The minimum absolute atomic E-state index is 0.0406. The first kappa shape index (κ1) is 41.5. The molecule has 0 bridgehead atoms. The number of benzene rings is 5. The van der Waals surface area contributed by atoms with Gasteiger partial charge in [0.2, 0.25) is 0 Å². The largest absolute Gasteiger partial charge is 0.362 e. The summed E-state index contributed by atoms with van der Waals surface area (Å²) in [6.07, 6.45) is 11.9. The molecule has 15 nitrogen and oxygen atoms in total. The van der Waals surface area contributed by atoms with E-state index in [1.54, 1.807) is 66.7 Å². The summed E-state index contributed by atoms with van der Waals surface area (Å²) in [4.78, 5) is 45.3. The van der Waals surface area contributed by atoms with Crippen molar-refractivity contribution < 1.29 is 54.0 Å². The van der Waals surface area contributed by atoms with E-state index in [0.717, 1.165) is 18.8 Å².